The number of nitrogens with zero attached hydrogens (tertiary/aromatic N) is 1. The lowest BCUT2D eigenvalue weighted by atomic mass is 9.86. The molecule has 1 aromatic rings. The molecule has 2 rings (SSSR count). The molecule has 0 spiro atoms. The molecule has 1 fully saturated rings. The SMILES string of the molecule is CC(C)(C)C1CN(Cc2ccc(Br)s2)CCCN1. The molecule has 0 bridgehead atoms. The Morgan fingerprint density at radius 1 is 1.44 bits per heavy atom. The third-order valence-electron chi connectivity index (χ3n) is 3.54. The Morgan fingerprint density at radius 3 is 2.83 bits per heavy atom. The largest absolute Gasteiger partial charge is 0.312 e. The predicted octanol–water partition coefficient (Wildman–Crippen LogP) is 3.72. The molecule has 0 radical (unpaired) electrons. The summed E-state index contributed by atoms with van der Waals surface area (Å²) in [4.78, 5) is 4.05. The third kappa shape index (κ3) is 4.05. The maximum atomic E-state index is 3.69. The van der Waals surface area contributed by atoms with E-state index in [4.69, 9.17) is 0 Å². The second kappa shape index (κ2) is 6.04. The van der Waals surface area contributed by atoms with Crippen LogP contribution in [0.4, 0.5) is 0 Å². The van der Waals surface area contributed by atoms with Crippen LogP contribution in [-0.2, 0) is 6.54 Å². The predicted molar refractivity (Wildman–Crippen MR) is 83.2 cm³/mol. The van der Waals surface area contributed by atoms with Crippen molar-refractivity contribution in [3.05, 3.63) is 20.8 Å². The van der Waals surface area contributed by atoms with Crippen LogP contribution >= 0.6 is 27.3 Å². The summed E-state index contributed by atoms with van der Waals surface area (Å²) in [6.45, 7) is 11.6. The molecule has 1 aliphatic heterocycles. The van der Waals surface area contributed by atoms with Crippen molar-refractivity contribution < 1.29 is 0 Å². The molecule has 1 atom stereocenters. The molecular weight excluding hydrogens is 308 g/mol. The number of nitrogens with one attached hydrogen (secondary N) is 1. The Hall–Kier alpha value is 0.1000. The fraction of sp³-hybridized carbons (Fsp3) is 0.714. The summed E-state index contributed by atoms with van der Waals surface area (Å²) in [6.07, 6.45) is 1.25. The summed E-state index contributed by atoms with van der Waals surface area (Å²) < 4.78 is 1.23. The standard InChI is InChI=1S/C14H23BrN2S/c1-14(2,3)12-10-17(8-4-7-16-12)9-11-5-6-13(15)18-11/h5-6,12,16H,4,7-10H2,1-3H3. The molecule has 102 valence electrons. The molecule has 1 unspecified atom stereocenters. The quantitative estimate of drug-likeness (QED) is 0.888. The number of thiophene rings is 1. The number of rotatable bonds is 2. The molecule has 2 nitrogen and oxygen atoms in total. The van der Waals surface area contributed by atoms with E-state index in [9.17, 15) is 0 Å². The van der Waals surface area contributed by atoms with Crippen molar-refractivity contribution in [2.24, 2.45) is 5.41 Å². The smallest absolute Gasteiger partial charge is 0.0701 e. The summed E-state index contributed by atoms with van der Waals surface area (Å²) in [5, 5.41) is 3.69. The average Bonchev–Trinajstić information content (AvgIpc) is 2.53. The van der Waals surface area contributed by atoms with E-state index < -0.39 is 0 Å². The minimum atomic E-state index is 0.332. The van der Waals surface area contributed by atoms with Gasteiger partial charge in [-0.2, -0.15) is 0 Å². The maximum absolute atomic E-state index is 3.69. The summed E-state index contributed by atoms with van der Waals surface area (Å²) >= 11 is 5.40. The van der Waals surface area contributed by atoms with E-state index in [2.05, 4.69) is 59.1 Å². The lowest BCUT2D eigenvalue weighted by molar-refractivity contribution is 0.193. The third-order valence-corrected chi connectivity index (χ3v) is 5.14. The normalized spacial score (nSPS) is 23.0. The maximum Gasteiger partial charge on any atom is 0.0701 e. The van der Waals surface area contributed by atoms with Crippen molar-refractivity contribution in [3.63, 3.8) is 0 Å². The van der Waals surface area contributed by atoms with E-state index >= 15 is 0 Å². The molecule has 1 N–H and O–H groups in total. The average molecular weight is 331 g/mol. The molecule has 1 aliphatic rings. The van der Waals surface area contributed by atoms with Gasteiger partial charge in [0.15, 0.2) is 0 Å². The first-order valence-corrected chi connectivity index (χ1v) is 8.26. The lowest BCUT2D eigenvalue weighted by Crippen LogP contribution is -2.46. The highest BCUT2D eigenvalue weighted by Crippen LogP contribution is 2.26. The molecule has 1 saturated heterocycles. The van der Waals surface area contributed by atoms with E-state index in [-0.39, 0.29) is 0 Å². The first-order chi connectivity index (χ1) is 8.45. The topological polar surface area (TPSA) is 15.3 Å². The van der Waals surface area contributed by atoms with Gasteiger partial charge in [-0.15, -0.1) is 11.3 Å². The minimum Gasteiger partial charge on any atom is -0.312 e. The van der Waals surface area contributed by atoms with E-state index in [1.165, 1.54) is 21.6 Å². The lowest BCUT2D eigenvalue weighted by Gasteiger charge is -2.33. The van der Waals surface area contributed by atoms with Crippen LogP contribution in [0.25, 0.3) is 0 Å². The van der Waals surface area contributed by atoms with Crippen molar-refractivity contribution in [2.45, 2.75) is 39.8 Å². The van der Waals surface area contributed by atoms with Crippen molar-refractivity contribution in [1.29, 1.82) is 0 Å². The van der Waals surface area contributed by atoms with Crippen LogP contribution in [-0.4, -0.2) is 30.6 Å². The van der Waals surface area contributed by atoms with Gasteiger partial charge in [-0.05, 0) is 53.0 Å². The van der Waals surface area contributed by atoms with Crippen LogP contribution in [0.2, 0.25) is 0 Å². The van der Waals surface area contributed by atoms with Gasteiger partial charge in [0.25, 0.3) is 0 Å². The molecule has 1 aromatic heterocycles. The summed E-state index contributed by atoms with van der Waals surface area (Å²) in [5.41, 5.74) is 0.332. The van der Waals surface area contributed by atoms with E-state index in [0.717, 1.165) is 19.6 Å². The van der Waals surface area contributed by atoms with E-state index in [0.29, 0.717) is 11.5 Å². The molecule has 0 aliphatic carbocycles. The molecule has 2 heterocycles. The Bertz CT molecular complexity index is 383. The second-order valence-electron chi connectivity index (χ2n) is 6.17. The number of hydrogen-bond acceptors (Lipinski definition) is 3. The van der Waals surface area contributed by atoms with Crippen molar-refractivity contribution in [2.75, 3.05) is 19.6 Å². The zero-order chi connectivity index (χ0) is 13.2. The fourth-order valence-corrected chi connectivity index (χ4v) is 3.90. The van der Waals surface area contributed by atoms with Crippen molar-refractivity contribution >= 4 is 27.3 Å². The highest BCUT2D eigenvalue weighted by Gasteiger charge is 2.28. The molecular formula is C14H23BrN2S. The van der Waals surface area contributed by atoms with Gasteiger partial charge in [0.2, 0.25) is 0 Å². The monoisotopic (exact) mass is 330 g/mol. The van der Waals surface area contributed by atoms with Gasteiger partial charge in [0, 0.05) is 24.0 Å². The van der Waals surface area contributed by atoms with Crippen LogP contribution in [0, 0.1) is 5.41 Å². The van der Waals surface area contributed by atoms with Crippen LogP contribution in [0.3, 0.4) is 0 Å². The number of hydrogen-bond donors (Lipinski definition) is 1. The molecule has 4 heteroatoms. The van der Waals surface area contributed by atoms with Crippen LogP contribution in [0.5, 0.6) is 0 Å². The van der Waals surface area contributed by atoms with Gasteiger partial charge in [-0.25, -0.2) is 0 Å². The molecule has 0 aromatic carbocycles. The molecule has 18 heavy (non-hydrogen) atoms. The first kappa shape index (κ1) is 14.5. The zero-order valence-electron chi connectivity index (χ0n) is 11.5. The van der Waals surface area contributed by atoms with E-state index in [1.807, 2.05) is 11.3 Å². The second-order valence-corrected chi connectivity index (χ2v) is 8.71. The first-order valence-electron chi connectivity index (χ1n) is 6.65. The van der Waals surface area contributed by atoms with Crippen LogP contribution < -0.4 is 5.32 Å². The van der Waals surface area contributed by atoms with Gasteiger partial charge in [0.1, 0.15) is 0 Å². The van der Waals surface area contributed by atoms with Gasteiger partial charge < -0.3 is 5.32 Å². The summed E-state index contributed by atoms with van der Waals surface area (Å²) in [7, 11) is 0. The van der Waals surface area contributed by atoms with Gasteiger partial charge in [-0.3, -0.25) is 4.90 Å². The van der Waals surface area contributed by atoms with Crippen LogP contribution in [0.1, 0.15) is 32.1 Å². The minimum absolute atomic E-state index is 0.332. The summed E-state index contributed by atoms with van der Waals surface area (Å²) in [6, 6.07) is 4.97. The highest BCUT2D eigenvalue weighted by atomic mass is 79.9. The van der Waals surface area contributed by atoms with Gasteiger partial charge >= 0.3 is 0 Å². The number of halogens is 1. The van der Waals surface area contributed by atoms with Gasteiger partial charge in [-0.1, -0.05) is 20.8 Å². The summed E-state index contributed by atoms with van der Waals surface area (Å²) in [5.74, 6) is 0. The molecule has 0 saturated carbocycles. The van der Waals surface area contributed by atoms with Crippen LogP contribution in [0.15, 0.2) is 15.9 Å². The Morgan fingerprint density at radius 2 is 2.22 bits per heavy atom. The van der Waals surface area contributed by atoms with Gasteiger partial charge in [0.05, 0.1) is 3.79 Å². The Labute approximate surface area is 123 Å². The van der Waals surface area contributed by atoms with E-state index in [1.54, 1.807) is 0 Å². The Kier molecular flexibility index (Phi) is 4.86. The molecule has 0 amide bonds. The Balaban J connectivity index is 1.99. The van der Waals surface area contributed by atoms with Crippen molar-refractivity contribution in [3.8, 4) is 0 Å². The highest BCUT2D eigenvalue weighted by molar-refractivity contribution is 9.11. The van der Waals surface area contributed by atoms with Crippen molar-refractivity contribution in [1.82, 2.24) is 10.2 Å². The fourth-order valence-electron chi connectivity index (χ4n) is 2.37. The zero-order valence-corrected chi connectivity index (χ0v) is 13.9.